The minimum atomic E-state index is 0.0574. The van der Waals surface area contributed by atoms with Crippen LogP contribution in [0.2, 0.25) is 0 Å². The molecule has 1 aliphatic rings. The van der Waals surface area contributed by atoms with E-state index in [4.69, 9.17) is 9.97 Å². The molecule has 0 radical (unpaired) electrons. The summed E-state index contributed by atoms with van der Waals surface area (Å²) in [6.07, 6.45) is 5.35. The lowest BCUT2D eigenvalue weighted by atomic mass is 10.1. The highest BCUT2D eigenvalue weighted by Gasteiger charge is 2.21. The van der Waals surface area contributed by atoms with Gasteiger partial charge in [0.25, 0.3) is 5.91 Å². The second kappa shape index (κ2) is 10.4. The van der Waals surface area contributed by atoms with E-state index in [0.717, 1.165) is 43.0 Å². The van der Waals surface area contributed by atoms with E-state index < -0.39 is 0 Å². The SMILES string of the molecule is CN1CCN(C(=O)c2ccc(-c3nc(NCc4cccnc4)c4ncn(-c5ccccc5)c4n3)cc2)CC1. The molecule has 5 aromatic rings. The molecule has 0 bridgehead atoms. The van der Waals surface area contributed by atoms with Gasteiger partial charge in [0.05, 0.1) is 0 Å². The van der Waals surface area contributed by atoms with Crippen LogP contribution in [0, 0.1) is 0 Å². The fourth-order valence-corrected chi connectivity index (χ4v) is 4.57. The Morgan fingerprint density at radius 3 is 2.45 bits per heavy atom. The van der Waals surface area contributed by atoms with Gasteiger partial charge in [-0.15, -0.1) is 0 Å². The number of likely N-dealkylation sites (N-methyl/N-ethyl adjacent to an activating group) is 1. The molecule has 0 atom stereocenters. The average Bonchev–Trinajstić information content (AvgIpc) is 3.41. The second-order valence-electron chi connectivity index (χ2n) is 9.41. The van der Waals surface area contributed by atoms with E-state index in [0.29, 0.717) is 34.9 Å². The van der Waals surface area contributed by atoms with Crippen molar-refractivity contribution in [2.75, 3.05) is 38.5 Å². The van der Waals surface area contributed by atoms with Gasteiger partial charge in [-0.25, -0.2) is 15.0 Å². The number of piperazine rings is 1. The summed E-state index contributed by atoms with van der Waals surface area (Å²) in [5.41, 5.74) is 4.88. The highest BCUT2D eigenvalue weighted by atomic mass is 16.2. The molecule has 0 saturated carbocycles. The molecule has 6 rings (SSSR count). The summed E-state index contributed by atoms with van der Waals surface area (Å²) < 4.78 is 1.96. The van der Waals surface area contributed by atoms with Crippen LogP contribution in [0.1, 0.15) is 15.9 Å². The van der Waals surface area contributed by atoms with Crippen LogP contribution in [0.15, 0.2) is 85.5 Å². The quantitative estimate of drug-likeness (QED) is 0.375. The third-order valence-electron chi connectivity index (χ3n) is 6.79. The van der Waals surface area contributed by atoms with Crippen LogP contribution < -0.4 is 5.32 Å². The fraction of sp³-hybridized carbons (Fsp3) is 0.207. The van der Waals surface area contributed by atoms with Crippen LogP contribution >= 0.6 is 0 Å². The van der Waals surface area contributed by atoms with E-state index in [9.17, 15) is 4.79 Å². The lowest BCUT2D eigenvalue weighted by Gasteiger charge is -2.32. The van der Waals surface area contributed by atoms with E-state index in [2.05, 4.69) is 27.2 Å². The zero-order chi connectivity index (χ0) is 25.9. The van der Waals surface area contributed by atoms with Crippen molar-refractivity contribution in [1.82, 2.24) is 34.3 Å². The van der Waals surface area contributed by atoms with E-state index in [1.807, 2.05) is 82.4 Å². The molecule has 1 saturated heterocycles. The Morgan fingerprint density at radius 2 is 1.71 bits per heavy atom. The van der Waals surface area contributed by atoms with Crippen molar-refractivity contribution in [1.29, 1.82) is 0 Å². The van der Waals surface area contributed by atoms with Crippen molar-refractivity contribution in [2.24, 2.45) is 0 Å². The van der Waals surface area contributed by atoms with Crippen LogP contribution in [0.5, 0.6) is 0 Å². The number of nitrogens with zero attached hydrogens (tertiary/aromatic N) is 7. The number of fused-ring (bicyclic) bond motifs is 1. The van der Waals surface area contributed by atoms with Gasteiger partial charge in [0.15, 0.2) is 22.8 Å². The molecule has 1 N–H and O–H groups in total. The zero-order valence-corrected chi connectivity index (χ0v) is 21.2. The van der Waals surface area contributed by atoms with Gasteiger partial charge in [0, 0.05) is 61.9 Å². The topological polar surface area (TPSA) is 92.1 Å². The maximum Gasteiger partial charge on any atom is 0.253 e. The number of hydrogen-bond acceptors (Lipinski definition) is 7. The summed E-state index contributed by atoms with van der Waals surface area (Å²) >= 11 is 0. The Morgan fingerprint density at radius 1 is 0.921 bits per heavy atom. The predicted octanol–water partition coefficient (Wildman–Crippen LogP) is 3.88. The molecule has 3 aromatic heterocycles. The van der Waals surface area contributed by atoms with Crippen LogP contribution in [0.25, 0.3) is 28.2 Å². The summed E-state index contributed by atoms with van der Waals surface area (Å²) in [5.74, 6) is 1.26. The van der Waals surface area contributed by atoms with Crippen molar-refractivity contribution in [3.8, 4) is 17.1 Å². The fourth-order valence-electron chi connectivity index (χ4n) is 4.57. The van der Waals surface area contributed by atoms with Crippen LogP contribution in [-0.2, 0) is 6.54 Å². The monoisotopic (exact) mass is 504 g/mol. The number of carbonyl (C=O) groups excluding carboxylic acids is 1. The summed E-state index contributed by atoms with van der Waals surface area (Å²) in [6, 6.07) is 21.5. The molecule has 9 nitrogen and oxygen atoms in total. The highest BCUT2D eigenvalue weighted by molar-refractivity contribution is 5.95. The minimum absolute atomic E-state index is 0.0574. The van der Waals surface area contributed by atoms with Gasteiger partial charge in [0.2, 0.25) is 0 Å². The molecule has 9 heteroatoms. The Kier molecular flexibility index (Phi) is 6.49. The first kappa shape index (κ1) is 23.7. The third-order valence-corrected chi connectivity index (χ3v) is 6.79. The molecule has 0 unspecified atom stereocenters. The number of pyridine rings is 1. The molecule has 1 aliphatic heterocycles. The number of anilines is 1. The number of amides is 1. The first-order valence-electron chi connectivity index (χ1n) is 12.7. The van der Waals surface area contributed by atoms with Crippen molar-refractivity contribution >= 4 is 22.9 Å². The van der Waals surface area contributed by atoms with E-state index >= 15 is 0 Å². The lowest BCUT2D eigenvalue weighted by molar-refractivity contribution is 0.0664. The smallest absolute Gasteiger partial charge is 0.253 e. The van der Waals surface area contributed by atoms with Crippen LogP contribution in [0.3, 0.4) is 0 Å². The molecule has 2 aromatic carbocycles. The molecule has 38 heavy (non-hydrogen) atoms. The van der Waals surface area contributed by atoms with E-state index in [1.54, 1.807) is 12.5 Å². The third kappa shape index (κ3) is 4.83. The van der Waals surface area contributed by atoms with Gasteiger partial charge in [-0.1, -0.05) is 36.4 Å². The molecule has 1 amide bonds. The van der Waals surface area contributed by atoms with Gasteiger partial charge in [-0.3, -0.25) is 14.3 Å². The maximum absolute atomic E-state index is 13.0. The Hall–Kier alpha value is -4.63. The summed E-state index contributed by atoms with van der Waals surface area (Å²) in [7, 11) is 2.08. The molecule has 0 aliphatic carbocycles. The second-order valence-corrected chi connectivity index (χ2v) is 9.41. The molecule has 0 spiro atoms. The first-order valence-corrected chi connectivity index (χ1v) is 12.7. The normalized spacial score (nSPS) is 14.1. The lowest BCUT2D eigenvalue weighted by Crippen LogP contribution is -2.47. The number of carbonyl (C=O) groups is 1. The largest absolute Gasteiger partial charge is 0.364 e. The molecular formula is C29H28N8O. The van der Waals surface area contributed by atoms with E-state index in [1.165, 1.54) is 0 Å². The first-order chi connectivity index (χ1) is 18.7. The number of imidazole rings is 1. The van der Waals surface area contributed by atoms with Gasteiger partial charge in [-0.05, 0) is 42.9 Å². The predicted molar refractivity (Wildman–Crippen MR) is 147 cm³/mol. The number of aromatic nitrogens is 5. The maximum atomic E-state index is 13.0. The summed E-state index contributed by atoms with van der Waals surface area (Å²) in [5, 5.41) is 3.42. The zero-order valence-electron chi connectivity index (χ0n) is 21.2. The molecular weight excluding hydrogens is 476 g/mol. The van der Waals surface area contributed by atoms with Crippen molar-refractivity contribution in [3.05, 3.63) is 96.6 Å². The van der Waals surface area contributed by atoms with E-state index in [-0.39, 0.29) is 5.91 Å². The summed E-state index contributed by atoms with van der Waals surface area (Å²) in [6.45, 7) is 3.82. The highest BCUT2D eigenvalue weighted by Crippen LogP contribution is 2.27. The van der Waals surface area contributed by atoms with Crippen molar-refractivity contribution < 1.29 is 4.79 Å². The Bertz CT molecular complexity index is 1540. The van der Waals surface area contributed by atoms with Gasteiger partial charge < -0.3 is 15.1 Å². The van der Waals surface area contributed by atoms with Gasteiger partial charge in [0.1, 0.15) is 6.33 Å². The minimum Gasteiger partial charge on any atom is -0.364 e. The number of hydrogen-bond donors (Lipinski definition) is 1. The standard InChI is InChI=1S/C29H28N8O/c1-35-14-16-36(17-15-35)29(38)23-11-9-22(10-12-23)26-33-27(31-19-21-6-5-13-30-18-21)25-28(34-26)37(20-32-25)24-7-3-2-4-8-24/h2-13,18,20H,14-17,19H2,1H3,(H,31,33,34). The van der Waals surface area contributed by atoms with Gasteiger partial charge in [-0.2, -0.15) is 0 Å². The molecule has 1 fully saturated rings. The average molecular weight is 505 g/mol. The van der Waals surface area contributed by atoms with Crippen molar-refractivity contribution in [3.63, 3.8) is 0 Å². The Labute approximate surface area is 220 Å². The van der Waals surface area contributed by atoms with Crippen LogP contribution in [0.4, 0.5) is 5.82 Å². The van der Waals surface area contributed by atoms with Gasteiger partial charge >= 0.3 is 0 Å². The number of nitrogens with one attached hydrogen (secondary N) is 1. The number of benzene rings is 2. The Balaban J connectivity index is 1.35. The number of rotatable bonds is 6. The van der Waals surface area contributed by atoms with Crippen molar-refractivity contribution in [2.45, 2.75) is 6.54 Å². The number of para-hydroxylation sites is 1. The molecule has 4 heterocycles. The summed E-state index contributed by atoms with van der Waals surface area (Å²) in [4.78, 5) is 35.8. The van der Waals surface area contributed by atoms with Crippen LogP contribution in [-0.4, -0.2) is 73.4 Å². The molecule has 190 valence electrons.